The molecule has 3 aromatic carbocycles. The Labute approximate surface area is 202 Å². The molecular weight excluding hydrogens is 455 g/mol. The largest absolute Gasteiger partial charge is 0.508 e. The van der Waals surface area contributed by atoms with Crippen molar-refractivity contribution in [2.24, 2.45) is 0 Å². The lowest BCUT2D eigenvalue weighted by molar-refractivity contribution is -0.137. The minimum Gasteiger partial charge on any atom is -0.508 e. The summed E-state index contributed by atoms with van der Waals surface area (Å²) in [6.07, 6.45) is -1.89. The van der Waals surface area contributed by atoms with Crippen LogP contribution in [0.4, 0.5) is 13.2 Å². The van der Waals surface area contributed by atoms with E-state index in [2.05, 4.69) is 4.90 Å². The van der Waals surface area contributed by atoms with E-state index < -0.39 is 11.7 Å². The lowest BCUT2D eigenvalue weighted by Gasteiger charge is -2.34. The fourth-order valence-electron chi connectivity index (χ4n) is 5.09. The van der Waals surface area contributed by atoms with E-state index >= 15 is 0 Å². The third kappa shape index (κ3) is 5.25. The molecule has 2 heterocycles. The van der Waals surface area contributed by atoms with Crippen LogP contribution in [0.5, 0.6) is 17.2 Å². The Morgan fingerprint density at radius 2 is 1.60 bits per heavy atom. The molecule has 5 rings (SSSR count). The van der Waals surface area contributed by atoms with Gasteiger partial charge in [0.05, 0.1) is 12.2 Å². The summed E-state index contributed by atoms with van der Waals surface area (Å²) in [6, 6.07) is 18.1. The van der Waals surface area contributed by atoms with E-state index in [4.69, 9.17) is 9.47 Å². The molecule has 3 aromatic rings. The molecule has 0 unspecified atom stereocenters. The Bertz CT molecular complexity index is 1140. The Balaban J connectivity index is 1.40. The maximum Gasteiger partial charge on any atom is 0.416 e. The molecule has 184 valence electrons. The molecule has 1 fully saturated rings. The summed E-state index contributed by atoms with van der Waals surface area (Å²) in [5.41, 5.74) is 1.87. The molecule has 1 N–H and O–H groups in total. The van der Waals surface area contributed by atoms with Gasteiger partial charge in [0.2, 0.25) is 0 Å². The van der Waals surface area contributed by atoms with E-state index in [-0.39, 0.29) is 17.6 Å². The number of aromatic hydroxyl groups is 1. The molecule has 2 aliphatic heterocycles. The number of ether oxygens (including phenoxy) is 2. The van der Waals surface area contributed by atoms with Crippen molar-refractivity contribution in [3.63, 3.8) is 0 Å². The van der Waals surface area contributed by atoms with Crippen LogP contribution in [0.25, 0.3) is 0 Å². The van der Waals surface area contributed by atoms with Gasteiger partial charge in [0.25, 0.3) is 0 Å². The van der Waals surface area contributed by atoms with Gasteiger partial charge in [-0.15, -0.1) is 0 Å². The number of nitrogens with zero attached hydrogens (tertiary/aromatic N) is 1. The first-order chi connectivity index (χ1) is 16.9. The first kappa shape index (κ1) is 23.5. The number of likely N-dealkylation sites (tertiary alicyclic amines) is 1. The van der Waals surface area contributed by atoms with Gasteiger partial charge in [-0.25, -0.2) is 0 Å². The number of phenolic OH excluding ortho intramolecular Hbond substituents is 1. The van der Waals surface area contributed by atoms with Crippen LogP contribution < -0.4 is 9.47 Å². The zero-order valence-corrected chi connectivity index (χ0v) is 19.3. The van der Waals surface area contributed by atoms with Crippen LogP contribution in [-0.4, -0.2) is 42.9 Å². The molecule has 0 aromatic heterocycles. The predicted molar refractivity (Wildman–Crippen MR) is 127 cm³/mol. The van der Waals surface area contributed by atoms with Crippen LogP contribution in [0.15, 0.2) is 66.7 Å². The van der Waals surface area contributed by atoms with E-state index in [1.807, 2.05) is 24.3 Å². The van der Waals surface area contributed by atoms with Gasteiger partial charge < -0.3 is 14.6 Å². The first-order valence-corrected chi connectivity index (χ1v) is 12.0. The molecule has 35 heavy (non-hydrogen) atoms. The third-order valence-electron chi connectivity index (χ3n) is 6.93. The number of alkyl halides is 3. The number of fused-ring (bicyclic) bond motifs is 1. The second-order valence-corrected chi connectivity index (χ2v) is 9.20. The number of phenols is 1. The number of rotatable bonds is 6. The Kier molecular flexibility index (Phi) is 6.60. The molecule has 0 saturated carbocycles. The molecule has 4 nitrogen and oxygen atoms in total. The SMILES string of the molecule is Oc1ccc2c(c1)[C@H](c1ccc(OCCN3CCCC3)cc1)[C@@H](c1ccc(C(F)(F)F)cc1)CO2. The monoisotopic (exact) mass is 483 g/mol. The van der Waals surface area contributed by atoms with Crippen molar-refractivity contribution < 1.29 is 27.8 Å². The maximum atomic E-state index is 13.1. The Hall–Kier alpha value is -3.19. The third-order valence-corrected chi connectivity index (χ3v) is 6.93. The first-order valence-electron chi connectivity index (χ1n) is 12.0. The summed E-state index contributed by atoms with van der Waals surface area (Å²) < 4.78 is 51.2. The fraction of sp³-hybridized carbons (Fsp3) is 0.357. The highest BCUT2D eigenvalue weighted by atomic mass is 19.4. The van der Waals surface area contributed by atoms with Crippen molar-refractivity contribution in [2.75, 3.05) is 32.8 Å². The number of halogens is 3. The highest BCUT2D eigenvalue weighted by molar-refractivity contribution is 5.51. The number of hydrogen-bond donors (Lipinski definition) is 1. The zero-order chi connectivity index (χ0) is 24.4. The second kappa shape index (κ2) is 9.82. The Morgan fingerprint density at radius 3 is 2.29 bits per heavy atom. The van der Waals surface area contributed by atoms with Crippen molar-refractivity contribution in [3.8, 4) is 17.2 Å². The molecule has 0 amide bonds. The lowest BCUT2D eigenvalue weighted by atomic mass is 9.75. The molecule has 1 saturated heterocycles. The molecule has 7 heteroatoms. The van der Waals surface area contributed by atoms with Crippen molar-refractivity contribution in [3.05, 3.63) is 89.0 Å². The van der Waals surface area contributed by atoms with E-state index in [1.54, 1.807) is 18.2 Å². The number of benzene rings is 3. The molecule has 2 atom stereocenters. The smallest absolute Gasteiger partial charge is 0.416 e. The van der Waals surface area contributed by atoms with Crippen LogP contribution in [0.2, 0.25) is 0 Å². The van der Waals surface area contributed by atoms with Gasteiger partial charge in [-0.3, -0.25) is 4.90 Å². The number of hydrogen-bond acceptors (Lipinski definition) is 4. The lowest BCUT2D eigenvalue weighted by Crippen LogP contribution is -2.25. The van der Waals surface area contributed by atoms with Gasteiger partial charge in [0.1, 0.15) is 23.9 Å². The highest BCUT2D eigenvalue weighted by Gasteiger charge is 2.35. The van der Waals surface area contributed by atoms with Crippen LogP contribution in [0, 0.1) is 0 Å². The molecule has 0 spiro atoms. The van der Waals surface area contributed by atoms with Crippen molar-refractivity contribution >= 4 is 0 Å². The average molecular weight is 484 g/mol. The van der Waals surface area contributed by atoms with Crippen molar-refractivity contribution in [2.45, 2.75) is 30.9 Å². The maximum absolute atomic E-state index is 13.1. The topological polar surface area (TPSA) is 41.9 Å². The summed E-state index contributed by atoms with van der Waals surface area (Å²) in [5, 5.41) is 10.2. The average Bonchev–Trinajstić information content (AvgIpc) is 3.37. The minimum atomic E-state index is -4.38. The minimum absolute atomic E-state index is 0.118. The van der Waals surface area contributed by atoms with E-state index in [0.29, 0.717) is 19.0 Å². The van der Waals surface area contributed by atoms with Gasteiger partial charge in [0.15, 0.2) is 0 Å². The van der Waals surface area contributed by atoms with Crippen LogP contribution in [-0.2, 0) is 6.18 Å². The Morgan fingerprint density at radius 1 is 0.914 bits per heavy atom. The van der Waals surface area contributed by atoms with E-state index in [1.165, 1.54) is 25.0 Å². The quantitative estimate of drug-likeness (QED) is 0.454. The molecule has 0 radical (unpaired) electrons. The molecule has 2 aliphatic rings. The van der Waals surface area contributed by atoms with E-state index in [0.717, 1.165) is 54.2 Å². The summed E-state index contributed by atoms with van der Waals surface area (Å²) in [7, 11) is 0. The van der Waals surface area contributed by atoms with Gasteiger partial charge in [0, 0.05) is 23.9 Å². The van der Waals surface area contributed by atoms with Gasteiger partial charge in [-0.1, -0.05) is 24.3 Å². The summed E-state index contributed by atoms with van der Waals surface area (Å²) in [6.45, 7) is 4.11. The summed E-state index contributed by atoms with van der Waals surface area (Å²) in [5.74, 6) is 1.16. The molecule has 0 bridgehead atoms. The van der Waals surface area contributed by atoms with Crippen LogP contribution in [0.1, 0.15) is 46.9 Å². The molecular formula is C28H28F3NO3. The normalized spacial score (nSPS) is 20.3. The van der Waals surface area contributed by atoms with Gasteiger partial charge >= 0.3 is 6.18 Å². The van der Waals surface area contributed by atoms with Crippen LogP contribution in [0.3, 0.4) is 0 Å². The molecule has 0 aliphatic carbocycles. The second-order valence-electron chi connectivity index (χ2n) is 9.20. The summed E-state index contributed by atoms with van der Waals surface area (Å²) in [4.78, 5) is 2.40. The zero-order valence-electron chi connectivity index (χ0n) is 19.3. The van der Waals surface area contributed by atoms with Crippen molar-refractivity contribution in [1.82, 2.24) is 4.90 Å². The summed E-state index contributed by atoms with van der Waals surface area (Å²) >= 11 is 0. The highest BCUT2D eigenvalue weighted by Crippen LogP contribution is 2.47. The van der Waals surface area contributed by atoms with E-state index in [9.17, 15) is 18.3 Å². The van der Waals surface area contributed by atoms with Crippen LogP contribution >= 0.6 is 0 Å². The standard InChI is InChI=1S/C28H28F3NO3/c29-28(30,31)21-7-3-19(4-8-21)25-18-35-26-12-9-22(33)17-24(26)27(25)20-5-10-23(11-6-20)34-16-15-32-13-1-2-14-32/h3-12,17,25,27,33H,1-2,13-16,18H2/t25-,27+/m1/s1. The van der Waals surface area contributed by atoms with Crippen molar-refractivity contribution in [1.29, 1.82) is 0 Å². The predicted octanol–water partition coefficient (Wildman–Crippen LogP) is 6.19. The van der Waals surface area contributed by atoms with Gasteiger partial charge in [-0.05, 0) is 79.5 Å². The van der Waals surface area contributed by atoms with Gasteiger partial charge in [-0.2, -0.15) is 13.2 Å². The fourth-order valence-corrected chi connectivity index (χ4v) is 5.09.